The molecule has 1 saturated heterocycles. The Bertz CT molecular complexity index is 653. The normalized spacial score (nSPS) is 26.4. The second kappa shape index (κ2) is 6.35. The van der Waals surface area contributed by atoms with Crippen molar-refractivity contribution in [2.75, 3.05) is 11.9 Å². The Kier molecular flexibility index (Phi) is 4.43. The van der Waals surface area contributed by atoms with Crippen LogP contribution in [0.3, 0.4) is 0 Å². The average molecular weight is 327 g/mol. The van der Waals surface area contributed by atoms with Gasteiger partial charge in [-0.3, -0.25) is 0 Å². The molecule has 23 heavy (non-hydrogen) atoms. The summed E-state index contributed by atoms with van der Waals surface area (Å²) in [5.74, 6) is -1.48. The Morgan fingerprint density at radius 1 is 1.30 bits per heavy atom. The van der Waals surface area contributed by atoms with Crippen molar-refractivity contribution in [3.63, 3.8) is 0 Å². The molecule has 2 aliphatic rings. The van der Waals surface area contributed by atoms with Gasteiger partial charge in [-0.15, -0.1) is 9.60 Å². The van der Waals surface area contributed by atoms with Crippen LogP contribution in [0.1, 0.15) is 32.6 Å². The van der Waals surface area contributed by atoms with Gasteiger partial charge in [-0.2, -0.15) is 0 Å². The van der Waals surface area contributed by atoms with Gasteiger partial charge in [0.1, 0.15) is 17.8 Å². The third kappa shape index (κ3) is 4.13. The van der Waals surface area contributed by atoms with E-state index in [1.165, 1.54) is 6.33 Å². The molecule has 2 aromatic heterocycles. The van der Waals surface area contributed by atoms with E-state index in [0.29, 0.717) is 6.54 Å². The minimum atomic E-state index is -2.25. The number of hydrogen-bond donors (Lipinski definition) is 2. The van der Waals surface area contributed by atoms with Crippen molar-refractivity contribution in [2.24, 2.45) is 0 Å². The van der Waals surface area contributed by atoms with E-state index in [0.717, 1.165) is 34.8 Å². The number of fused-ring (bicyclic) bond motifs is 1. The molecule has 1 aliphatic heterocycles. The lowest BCUT2D eigenvalue weighted by Gasteiger charge is -2.32. The van der Waals surface area contributed by atoms with Gasteiger partial charge in [0.15, 0.2) is 0 Å². The number of aromatic amines is 1. The zero-order valence-corrected chi connectivity index (χ0v) is 12.9. The standard InChI is InChI=1S/C12H16FN5.C3H4F2/c1-8-2-3-9(6-18(8)13)17-12-10-4-5-14-11(10)15-7-16-12;4-3(5)1-2-3/h4-5,7-9H,2-3,6H2,1H3,(H2,14,15,16,17);1-2H2. The summed E-state index contributed by atoms with van der Waals surface area (Å²) >= 11 is 0. The lowest BCUT2D eigenvalue weighted by Crippen LogP contribution is -2.42. The maximum absolute atomic E-state index is 13.5. The summed E-state index contributed by atoms with van der Waals surface area (Å²) < 4.78 is 35.8. The molecular formula is C15H20F3N5. The van der Waals surface area contributed by atoms with Crippen molar-refractivity contribution in [3.8, 4) is 0 Å². The van der Waals surface area contributed by atoms with Gasteiger partial charge >= 0.3 is 0 Å². The van der Waals surface area contributed by atoms with Gasteiger partial charge in [0.2, 0.25) is 5.92 Å². The minimum absolute atomic E-state index is 0.0146. The Hall–Kier alpha value is -1.83. The van der Waals surface area contributed by atoms with Crippen LogP contribution in [0.2, 0.25) is 0 Å². The highest BCUT2D eigenvalue weighted by molar-refractivity contribution is 5.86. The van der Waals surface area contributed by atoms with Crippen LogP contribution in [-0.4, -0.2) is 44.6 Å². The number of rotatable bonds is 2. The molecule has 4 rings (SSSR count). The largest absolute Gasteiger partial charge is 0.365 e. The molecule has 0 aromatic carbocycles. The molecule has 1 aliphatic carbocycles. The van der Waals surface area contributed by atoms with Gasteiger partial charge in [0.25, 0.3) is 0 Å². The first-order chi connectivity index (χ1) is 10.9. The fraction of sp³-hybridized carbons (Fsp3) is 0.600. The Morgan fingerprint density at radius 3 is 2.70 bits per heavy atom. The number of halogens is 3. The molecule has 0 bridgehead atoms. The molecule has 8 heteroatoms. The number of hydrogen-bond acceptors (Lipinski definition) is 4. The van der Waals surface area contributed by atoms with Gasteiger partial charge in [-0.05, 0) is 25.8 Å². The second-order valence-electron chi connectivity index (χ2n) is 6.17. The molecule has 0 amide bonds. The molecule has 5 nitrogen and oxygen atoms in total. The van der Waals surface area contributed by atoms with Crippen molar-refractivity contribution < 1.29 is 13.3 Å². The third-order valence-corrected chi connectivity index (χ3v) is 4.13. The molecule has 2 N–H and O–H groups in total. The van der Waals surface area contributed by atoms with E-state index in [-0.39, 0.29) is 24.9 Å². The van der Waals surface area contributed by atoms with Crippen molar-refractivity contribution in [1.29, 1.82) is 0 Å². The molecule has 2 unspecified atom stereocenters. The summed E-state index contributed by atoms with van der Waals surface area (Å²) in [7, 11) is 0. The highest BCUT2D eigenvalue weighted by atomic mass is 19.3. The number of nitrogens with zero attached hydrogens (tertiary/aromatic N) is 3. The van der Waals surface area contributed by atoms with Gasteiger partial charge in [0, 0.05) is 37.7 Å². The number of piperidine rings is 1. The van der Waals surface area contributed by atoms with Crippen LogP contribution < -0.4 is 5.32 Å². The number of alkyl halides is 2. The van der Waals surface area contributed by atoms with Crippen LogP contribution in [-0.2, 0) is 0 Å². The summed E-state index contributed by atoms with van der Waals surface area (Å²) in [6.07, 6.45) is 5.39. The molecular weight excluding hydrogens is 307 g/mol. The number of anilines is 1. The molecule has 2 aromatic rings. The summed E-state index contributed by atoms with van der Waals surface area (Å²) in [5, 5.41) is 5.15. The zero-order valence-electron chi connectivity index (χ0n) is 12.9. The number of aromatic nitrogens is 3. The summed E-state index contributed by atoms with van der Waals surface area (Å²) in [6, 6.07) is 2.04. The van der Waals surface area contributed by atoms with Crippen molar-refractivity contribution >= 4 is 16.9 Å². The monoisotopic (exact) mass is 327 g/mol. The predicted octanol–water partition coefficient (Wildman–Crippen LogP) is 3.52. The zero-order chi connectivity index (χ0) is 16.4. The molecule has 126 valence electrons. The van der Waals surface area contributed by atoms with E-state index >= 15 is 0 Å². The van der Waals surface area contributed by atoms with Crippen molar-refractivity contribution in [1.82, 2.24) is 20.1 Å². The lowest BCUT2D eigenvalue weighted by atomic mass is 10.0. The molecule has 2 fully saturated rings. The lowest BCUT2D eigenvalue weighted by molar-refractivity contribution is -0.0406. The SMILES string of the molecule is CC1CCC(Nc2ncnc3[nH]ccc23)CN1F.FC1(F)CC1. The second-order valence-corrected chi connectivity index (χ2v) is 6.17. The van der Waals surface area contributed by atoms with Crippen LogP contribution >= 0.6 is 0 Å². The predicted molar refractivity (Wildman–Crippen MR) is 82.0 cm³/mol. The van der Waals surface area contributed by atoms with Crippen molar-refractivity contribution in [3.05, 3.63) is 18.6 Å². The summed E-state index contributed by atoms with van der Waals surface area (Å²) in [6.45, 7) is 2.31. The number of H-pyrrole nitrogens is 1. The molecule has 2 atom stereocenters. The molecule has 3 heterocycles. The minimum Gasteiger partial charge on any atom is -0.365 e. The average Bonchev–Trinajstić information content (AvgIpc) is 3.02. The summed E-state index contributed by atoms with van der Waals surface area (Å²) in [4.78, 5) is 11.4. The maximum Gasteiger partial charge on any atom is 0.248 e. The Labute approximate surface area is 132 Å². The van der Waals surface area contributed by atoms with Crippen LogP contribution in [0.25, 0.3) is 11.0 Å². The van der Waals surface area contributed by atoms with E-state index < -0.39 is 5.92 Å². The topological polar surface area (TPSA) is 56.8 Å². The first-order valence-electron chi connectivity index (χ1n) is 7.79. The van der Waals surface area contributed by atoms with E-state index in [2.05, 4.69) is 20.3 Å². The molecule has 0 radical (unpaired) electrons. The van der Waals surface area contributed by atoms with Gasteiger partial charge in [0.05, 0.1) is 5.39 Å². The Morgan fingerprint density at radius 2 is 2.04 bits per heavy atom. The van der Waals surface area contributed by atoms with E-state index in [9.17, 15) is 13.3 Å². The van der Waals surface area contributed by atoms with Gasteiger partial charge < -0.3 is 10.3 Å². The van der Waals surface area contributed by atoms with Crippen molar-refractivity contribution in [2.45, 2.75) is 50.6 Å². The quantitative estimate of drug-likeness (QED) is 0.829. The molecule has 0 spiro atoms. The van der Waals surface area contributed by atoms with Gasteiger partial charge in [-0.1, -0.05) is 0 Å². The van der Waals surface area contributed by atoms with E-state index in [4.69, 9.17) is 0 Å². The van der Waals surface area contributed by atoms with Crippen LogP contribution in [0.4, 0.5) is 19.1 Å². The smallest absolute Gasteiger partial charge is 0.248 e. The fourth-order valence-corrected chi connectivity index (χ4v) is 2.46. The Balaban J connectivity index is 0.000000267. The van der Waals surface area contributed by atoms with Crippen LogP contribution in [0.15, 0.2) is 18.6 Å². The van der Waals surface area contributed by atoms with E-state index in [1.807, 2.05) is 19.2 Å². The van der Waals surface area contributed by atoms with Crippen LogP contribution in [0, 0.1) is 0 Å². The highest BCUT2D eigenvalue weighted by Crippen LogP contribution is 2.40. The third-order valence-electron chi connectivity index (χ3n) is 4.13. The highest BCUT2D eigenvalue weighted by Gasteiger charge is 2.43. The van der Waals surface area contributed by atoms with Gasteiger partial charge in [-0.25, -0.2) is 18.7 Å². The number of nitrogens with one attached hydrogen (secondary N) is 2. The molecule has 1 saturated carbocycles. The summed E-state index contributed by atoms with van der Waals surface area (Å²) in [5.41, 5.74) is 0.800. The first-order valence-corrected chi connectivity index (χ1v) is 7.79. The maximum atomic E-state index is 13.5. The first kappa shape index (κ1) is 16.0. The van der Waals surface area contributed by atoms with E-state index in [1.54, 1.807) is 0 Å². The fourth-order valence-electron chi connectivity index (χ4n) is 2.46. The van der Waals surface area contributed by atoms with Crippen LogP contribution in [0.5, 0.6) is 0 Å².